The Hall–Kier alpha value is -1.37. The molecule has 0 saturated carbocycles. The van der Waals surface area contributed by atoms with Gasteiger partial charge in [-0.15, -0.1) is 0 Å². The van der Waals surface area contributed by atoms with Crippen molar-refractivity contribution in [2.24, 2.45) is 5.92 Å². The normalized spacial score (nSPS) is 20.3. The molecule has 1 saturated heterocycles. The number of anilines is 1. The molecule has 1 atom stereocenters. The summed E-state index contributed by atoms with van der Waals surface area (Å²) < 4.78 is 1.40. The van der Waals surface area contributed by atoms with Gasteiger partial charge in [0.2, 0.25) is 0 Å². The van der Waals surface area contributed by atoms with Crippen LogP contribution in [-0.4, -0.2) is 38.0 Å². The van der Waals surface area contributed by atoms with E-state index < -0.39 is 0 Å². The lowest BCUT2D eigenvalue weighted by Gasteiger charge is -2.16. The molecule has 0 aliphatic carbocycles. The van der Waals surface area contributed by atoms with Gasteiger partial charge in [-0.05, 0) is 12.3 Å². The molecule has 0 radical (unpaired) electrons. The van der Waals surface area contributed by atoms with Crippen molar-refractivity contribution in [1.82, 2.24) is 19.6 Å². The molecule has 7 heteroatoms. The van der Waals surface area contributed by atoms with Crippen molar-refractivity contribution in [2.75, 3.05) is 23.3 Å². The molecule has 17 heavy (non-hydrogen) atoms. The molecule has 1 aliphatic heterocycles. The van der Waals surface area contributed by atoms with E-state index in [-0.39, 0.29) is 5.69 Å². The number of aromatic amines is 1. The molecule has 0 amide bonds. The summed E-state index contributed by atoms with van der Waals surface area (Å²) in [6.45, 7) is 2.01. The lowest BCUT2D eigenvalue weighted by atomic mass is 10.2. The highest BCUT2D eigenvalue weighted by Crippen LogP contribution is 2.23. The quantitative estimate of drug-likeness (QED) is 0.826. The molecule has 6 nitrogen and oxygen atoms in total. The Balaban J connectivity index is 1.93. The molecule has 0 bridgehead atoms. The Morgan fingerprint density at radius 1 is 1.59 bits per heavy atom. The summed E-state index contributed by atoms with van der Waals surface area (Å²) in [4.78, 5) is 17.8. The lowest BCUT2D eigenvalue weighted by Crippen LogP contribution is -2.21. The maximum absolute atomic E-state index is 11.3. The fraction of sp³-hybridized carbons (Fsp3) is 0.500. The van der Waals surface area contributed by atoms with Crippen molar-refractivity contribution in [2.45, 2.75) is 6.42 Å². The summed E-state index contributed by atoms with van der Waals surface area (Å²) in [7, 11) is 0. The van der Waals surface area contributed by atoms with E-state index in [0.717, 1.165) is 24.2 Å². The van der Waals surface area contributed by atoms with Crippen LogP contribution in [0.3, 0.4) is 0 Å². The standard InChI is InChI=1S/C10H12BrN5O/c11-4-7-1-2-15(5-7)8-3-9-13-14-10(17)16(9)6-12-8/h3,6-7H,1-2,4-5H2,(H,14,17). The van der Waals surface area contributed by atoms with Crippen LogP contribution in [0.1, 0.15) is 6.42 Å². The smallest absolute Gasteiger partial charge is 0.348 e. The molecule has 3 rings (SSSR count). The van der Waals surface area contributed by atoms with Crippen LogP contribution in [0.4, 0.5) is 5.82 Å². The molecule has 2 aromatic rings. The van der Waals surface area contributed by atoms with Crippen LogP contribution in [0, 0.1) is 5.92 Å². The van der Waals surface area contributed by atoms with E-state index in [1.54, 1.807) is 0 Å². The summed E-state index contributed by atoms with van der Waals surface area (Å²) >= 11 is 3.51. The van der Waals surface area contributed by atoms with Gasteiger partial charge in [-0.3, -0.25) is 0 Å². The highest BCUT2D eigenvalue weighted by Gasteiger charge is 2.22. The second-order valence-electron chi connectivity index (χ2n) is 4.26. The number of hydrogen-bond acceptors (Lipinski definition) is 4. The molecule has 1 unspecified atom stereocenters. The Bertz CT molecular complexity index is 592. The largest absolute Gasteiger partial charge is 0.356 e. The molecule has 0 aromatic carbocycles. The van der Waals surface area contributed by atoms with Gasteiger partial charge in [-0.1, -0.05) is 15.9 Å². The van der Waals surface area contributed by atoms with Gasteiger partial charge in [-0.2, -0.15) is 5.10 Å². The summed E-state index contributed by atoms with van der Waals surface area (Å²) in [5, 5.41) is 7.37. The maximum Gasteiger partial charge on any atom is 0.348 e. The molecular weight excluding hydrogens is 286 g/mol. The fourth-order valence-corrected chi connectivity index (χ4v) is 2.67. The predicted molar refractivity (Wildman–Crippen MR) is 67.7 cm³/mol. The van der Waals surface area contributed by atoms with Gasteiger partial charge in [0.15, 0.2) is 5.65 Å². The van der Waals surface area contributed by atoms with Crippen LogP contribution in [0.5, 0.6) is 0 Å². The van der Waals surface area contributed by atoms with Crippen LogP contribution in [0.15, 0.2) is 17.2 Å². The second-order valence-corrected chi connectivity index (χ2v) is 4.91. The number of alkyl halides is 1. The third-order valence-corrected chi connectivity index (χ3v) is 4.04. The van der Waals surface area contributed by atoms with E-state index in [2.05, 4.69) is 36.0 Å². The average molecular weight is 298 g/mol. The van der Waals surface area contributed by atoms with Gasteiger partial charge in [-0.25, -0.2) is 19.3 Å². The minimum Gasteiger partial charge on any atom is -0.356 e. The van der Waals surface area contributed by atoms with E-state index >= 15 is 0 Å². The van der Waals surface area contributed by atoms with E-state index in [0.29, 0.717) is 11.6 Å². The highest BCUT2D eigenvalue weighted by atomic mass is 79.9. The highest BCUT2D eigenvalue weighted by molar-refractivity contribution is 9.09. The Morgan fingerprint density at radius 3 is 3.24 bits per heavy atom. The number of nitrogens with zero attached hydrogens (tertiary/aromatic N) is 4. The van der Waals surface area contributed by atoms with Crippen molar-refractivity contribution in [1.29, 1.82) is 0 Å². The van der Waals surface area contributed by atoms with Crippen molar-refractivity contribution >= 4 is 27.4 Å². The van der Waals surface area contributed by atoms with Gasteiger partial charge in [0.05, 0.1) is 0 Å². The fourth-order valence-electron chi connectivity index (χ4n) is 2.14. The Kier molecular flexibility index (Phi) is 2.62. The minimum atomic E-state index is -0.251. The van der Waals surface area contributed by atoms with Gasteiger partial charge < -0.3 is 4.90 Å². The van der Waals surface area contributed by atoms with Gasteiger partial charge >= 0.3 is 5.69 Å². The lowest BCUT2D eigenvalue weighted by molar-refractivity contribution is 0.675. The van der Waals surface area contributed by atoms with Crippen LogP contribution in [-0.2, 0) is 0 Å². The first-order chi connectivity index (χ1) is 8.28. The second kappa shape index (κ2) is 4.14. The molecule has 3 heterocycles. The van der Waals surface area contributed by atoms with Crippen molar-refractivity contribution in [3.63, 3.8) is 0 Å². The van der Waals surface area contributed by atoms with E-state index in [4.69, 9.17) is 0 Å². The number of fused-ring (bicyclic) bond motifs is 1. The third kappa shape index (κ3) is 1.84. The molecule has 1 fully saturated rings. The van der Waals surface area contributed by atoms with Gasteiger partial charge in [0.1, 0.15) is 12.1 Å². The van der Waals surface area contributed by atoms with Crippen LogP contribution in [0.25, 0.3) is 5.65 Å². The maximum atomic E-state index is 11.3. The van der Waals surface area contributed by atoms with Crippen molar-refractivity contribution in [3.8, 4) is 0 Å². The summed E-state index contributed by atoms with van der Waals surface area (Å²) in [6.07, 6.45) is 2.70. The van der Waals surface area contributed by atoms with Crippen molar-refractivity contribution in [3.05, 3.63) is 22.9 Å². The molecular formula is C10H12BrN5O. The first kappa shape index (κ1) is 10.8. The predicted octanol–water partition coefficient (Wildman–Crippen LogP) is 0.639. The Labute approximate surface area is 106 Å². The summed E-state index contributed by atoms with van der Waals surface area (Å²) in [6, 6.07) is 1.84. The molecule has 1 aliphatic rings. The molecule has 2 aromatic heterocycles. The van der Waals surface area contributed by atoms with Crippen LogP contribution >= 0.6 is 15.9 Å². The zero-order valence-corrected chi connectivity index (χ0v) is 10.7. The zero-order valence-electron chi connectivity index (χ0n) is 9.14. The van der Waals surface area contributed by atoms with Crippen LogP contribution in [0.2, 0.25) is 0 Å². The first-order valence-electron chi connectivity index (χ1n) is 5.51. The van der Waals surface area contributed by atoms with E-state index in [9.17, 15) is 4.79 Å². The van der Waals surface area contributed by atoms with Crippen molar-refractivity contribution < 1.29 is 0 Å². The SMILES string of the molecule is O=c1[nH]nc2cc(N3CCC(CBr)C3)ncn12. The van der Waals surface area contributed by atoms with Gasteiger partial charge in [0, 0.05) is 24.5 Å². The zero-order chi connectivity index (χ0) is 11.8. The van der Waals surface area contributed by atoms with E-state index in [1.807, 2.05) is 6.07 Å². The number of aromatic nitrogens is 4. The number of rotatable bonds is 2. The minimum absolute atomic E-state index is 0.251. The monoisotopic (exact) mass is 297 g/mol. The number of H-pyrrole nitrogens is 1. The third-order valence-electron chi connectivity index (χ3n) is 3.12. The molecule has 1 N–H and O–H groups in total. The summed E-state index contributed by atoms with van der Waals surface area (Å²) in [5.74, 6) is 1.56. The van der Waals surface area contributed by atoms with Gasteiger partial charge in [0.25, 0.3) is 0 Å². The number of halogens is 1. The topological polar surface area (TPSA) is 66.3 Å². The molecule has 90 valence electrons. The van der Waals surface area contributed by atoms with E-state index in [1.165, 1.54) is 17.1 Å². The summed E-state index contributed by atoms with van der Waals surface area (Å²) in [5.41, 5.74) is 0.362. The van der Waals surface area contributed by atoms with Crippen LogP contribution < -0.4 is 10.6 Å². The average Bonchev–Trinajstić information content (AvgIpc) is 2.96. The number of hydrogen-bond donors (Lipinski definition) is 1. The number of nitrogens with one attached hydrogen (secondary N) is 1. The Morgan fingerprint density at radius 2 is 2.47 bits per heavy atom. The first-order valence-corrected chi connectivity index (χ1v) is 6.64. The molecule has 0 spiro atoms.